The normalized spacial score (nSPS) is 10.5. The lowest BCUT2D eigenvalue weighted by Gasteiger charge is -2.25. The van der Waals surface area contributed by atoms with Crippen molar-refractivity contribution in [1.29, 1.82) is 0 Å². The molecular weight excluding hydrogens is 407 g/mol. The van der Waals surface area contributed by atoms with Gasteiger partial charge in [0, 0.05) is 16.3 Å². The van der Waals surface area contributed by atoms with E-state index in [9.17, 15) is 9.90 Å². The first-order valence-corrected chi connectivity index (χ1v) is 9.14. The summed E-state index contributed by atoms with van der Waals surface area (Å²) in [6.07, 6.45) is 0. The number of phenols is 1. The number of nitrogens with one attached hydrogen (secondary N) is 1. The van der Waals surface area contributed by atoms with Crippen LogP contribution in [0.3, 0.4) is 0 Å². The Morgan fingerprint density at radius 1 is 0.926 bits per heavy atom. The van der Waals surface area contributed by atoms with Gasteiger partial charge in [0.1, 0.15) is 5.75 Å². The maximum Gasteiger partial charge on any atom is 0.326 e. The van der Waals surface area contributed by atoms with Crippen molar-refractivity contribution in [2.45, 2.75) is 6.54 Å². The topological polar surface area (TPSA) is 52.6 Å². The van der Waals surface area contributed by atoms with Crippen molar-refractivity contribution < 1.29 is 9.90 Å². The van der Waals surface area contributed by atoms with E-state index in [0.717, 1.165) is 0 Å². The molecule has 0 atom stereocenters. The summed E-state index contributed by atoms with van der Waals surface area (Å²) in [7, 11) is 0. The average Bonchev–Trinajstić information content (AvgIpc) is 2.65. The third-order valence-corrected chi connectivity index (χ3v) is 4.67. The van der Waals surface area contributed by atoms with E-state index in [1.807, 2.05) is 18.2 Å². The molecule has 0 fully saturated rings. The molecule has 0 heterocycles. The van der Waals surface area contributed by atoms with Crippen LogP contribution >= 0.6 is 34.8 Å². The predicted octanol–water partition coefficient (Wildman–Crippen LogP) is 6.59. The van der Waals surface area contributed by atoms with Crippen molar-refractivity contribution in [1.82, 2.24) is 0 Å². The minimum atomic E-state index is -0.412. The van der Waals surface area contributed by atoms with Crippen LogP contribution < -0.4 is 10.2 Å². The number of benzene rings is 3. The van der Waals surface area contributed by atoms with Gasteiger partial charge in [-0.05, 0) is 36.4 Å². The Hall–Kier alpha value is -2.40. The van der Waals surface area contributed by atoms with Gasteiger partial charge in [-0.15, -0.1) is 0 Å². The summed E-state index contributed by atoms with van der Waals surface area (Å²) in [6.45, 7) is 0.0223. The summed E-state index contributed by atoms with van der Waals surface area (Å²) in [5.74, 6) is -0.134. The standard InChI is InChI=1S/C20H15Cl3N2O2/c21-14-10-13(19(26)17(23)11-14)12-25(18-9-5-4-8-16(18)22)20(27)24-15-6-2-1-3-7-15/h1-11,26H,12H2,(H,24,27). The largest absolute Gasteiger partial charge is 0.506 e. The van der Waals surface area contributed by atoms with Crippen LogP contribution in [-0.2, 0) is 6.54 Å². The number of amides is 2. The Morgan fingerprint density at radius 3 is 2.30 bits per heavy atom. The van der Waals surface area contributed by atoms with E-state index in [0.29, 0.717) is 27.0 Å². The van der Waals surface area contributed by atoms with Crippen molar-refractivity contribution in [3.05, 3.63) is 87.4 Å². The zero-order chi connectivity index (χ0) is 19.4. The van der Waals surface area contributed by atoms with Crippen LogP contribution in [0.15, 0.2) is 66.7 Å². The van der Waals surface area contributed by atoms with Crippen molar-refractivity contribution >= 4 is 52.2 Å². The first kappa shape index (κ1) is 19.4. The van der Waals surface area contributed by atoms with Gasteiger partial charge in [0.15, 0.2) is 0 Å². The maximum absolute atomic E-state index is 13.0. The van der Waals surface area contributed by atoms with Crippen molar-refractivity contribution in [2.75, 3.05) is 10.2 Å². The van der Waals surface area contributed by atoms with Crippen LogP contribution in [0.2, 0.25) is 15.1 Å². The Kier molecular flexibility index (Phi) is 6.11. The highest BCUT2D eigenvalue weighted by atomic mass is 35.5. The minimum absolute atomic E-state index is 0.0223. The van der Waals surface area contributed by atoms with Crippen LogP contribution in [0.25, 0.3) is 0 Å². The average molecular weight is 422 g/mol. The maximum atomic E-state index is 13.0. The molecule has 0 aliphatic carbocycles. The number of carbonyl (C=O) groups excluding carboxylic acids is 1. The molecule has 0 saturated heterocycles. The number of carbonyl (C=O) groups is 1. The smallest absolute Gasteiger partial charge is 0.326 e. The van der Waals surface area contributed by atoms with Gasteiger partial charge in [0.25, 0.3) is 0 Å². The summed E-state index contributed by atoms with van der Waals surface area (Å²) >= 11 is 18.4. The highest BCUT2D eigenvalue weighted by molar-refractivity contribution is 6.35. The molecule has 2 amide bonds. The van der Waals surface area contributed by atoms with Gasteiger partial charge in [0.2, 0.25) is 0 Å². The number of urea groups is 1. The van der Waals surface area contributed by atoms with Crippen LogP contribution in [0.5, 0.6) is 5.75 Å². The molecule has 0 aliphatic heterocycles. The van der Waals surface area contributed by atoms with Crippen molar-refractivity contribution in [3.8, 4) is 5.75 Å². The van der Waals surface area contributed by atoms with Crippen LogP contribution in [-0.4, -0.2) is 11.1 Å². The Bertz CT molecular complexity index is 965. The van der Waals surface area contributed by atoms with E-state index in [2.05, 4.69) is 5.32 Å². The van der Waals surface area contributed by atoms with Gasteiger partial charge in [-0.2, -0.15) is 0 Å². The zero-order valence-corrected chi connectivity index (χ0v) is 16.3. The minimum Gasteiger partial charge on any atom is -0.506 e. The molecule has 7 heteroatoms. The van der Waals surface area contributed by atoms with Gasteiger partial charge in [0.05, 0.1) is 22.3 Å². The molecule has 138 valence electrons. The molecule has 4 nitrogen and oxygen atoms in total. The Morgan fingerprint density at radius 2 is 1.59 bits per heavy atom. The van der Waals surface area contributed by atoms with Gasteiger partial charge in [-0.1, -0.05) is 65.1 Å². The molecule has 0 aliphatic rings. The van der Waals surface area contributed by atoms with E-state index in [4.69, 9.17) is 34.8 Å². The molecule has 3 rings (SSSR count). The number of anilines is 2. The molecule has 3 aromatic carbocycles. The summed E-state index contributed by atoms with van der Waals surface area (Å²) in [5, 5.41) is 14.0. The summed E-state index contributed by atoms with van der Waals surface area (Å²) < 4.78 is 0. The molecule has 0 spiro atoms. The molecule has 0 saturated carbocycles. The number of para-hydroxylation sites is 2. The van der Waals surface area contributed by atoms with E-state index >= 15 is 0 Å². The van der Waals surface area contributed by atoms with Crippen molar-refractivity contribution in [3.63, 3.8) is 0 Å². The first-order chi connectivity index (χ1) is 13.0. The molecule has 3 aromatic rings. The SMILES string of the molecule is O=C(Nc1ccccc1)N(Cc1cc(Cl)cc(Cl)c1O)c1ccccc1Cl. The summed E-state index contributed by atoms with van der Waals surface area (Å²) in [5.41, 5.74) is 1.52. The highest BCUT2D eigenvalue weighted by Crippen LogP contribution is 2.34. The predicted molar refractivity (Wildman–Crippen MR) is 111 cm³/mol. The Labute approximate surface area is 171 Å². The van der Waals surface area contributed by atoms with Crippen LogP contribution in [0.1, 0.15) is 5.56 Å². The molecule has 0 aromatic heterocycles. The number of rotatable bonds is 4. The fourth-order valence-electron chi connectivity index (χ4n) is 2.56. The number of hydrogen-bond donors (Lipinski definition) is 2. The lowest BCUT2D eigenvalue weighted by atomic mass is 10.1. The van der Waals surface area contributed by atoms with Crippen LogP contribution in [0.4, 0.5) is 16.2 Å². The van der Waals surface area contributed by atoms with Crippen molar-refractivity contribution in [2.24, 2.45) is 0 Å². The van der Waals surface area contributed by atoms with E-state index in [-0.39, 0.29) is 17.3 Å². The second-order valence-corrected chi connectivity index (χ2v) is 6.98. The third-order valence-electron chi connectivity index (χ3n) is 3.85. The lowest BCUT2D eigenvalue weighted by Crippen LogP contribution is -2.34. The van der Waals surface area contributed by atoms with Gasteiger partial charge in [-0.25, -0.2) is 4.79 Å². The molecular formula is C20H15Cl3N2O2. The second kappa shape index (κ2) is 8.53. The van der Waals surface area contributed by atoms with E-state index < -0.39 is 6.03 Å². The molecule has 0 radical (unpaired) electrons. The van der Waals surface area contributed by atoms with Crippen LogP contribution in [0, 0.1) is 0 Å². The third kappa shape index (κ3) is 4.66. The number of phenolic OH excluding ortho intramolecular Hbond substituents is 1. The zero-order valence-electron chi connectivity index (χ0n) is 14.0. The molecule has 0 unspecified atom stereocenters. The quantitative estimate of drug-likeness (QED) is 0.499. The number of hydrogen-bond acceptors (Lipinski definition) is 2. The fourth-order valence-corrected chi connectivity index (χ4v) is 3.33. The lowest BCUT2D eigenvalue weighted by molar-refractivity contribution is 0.256. The van der Waals surface area contributed by atoms with E-state index in [1.165, 1.54) is 11.0 Å². The van der Waals surface area contributed by atoms with Gasteiger partial charge < -0.3 is 10.4 Å². The fraction of sp³-hybridized carbons (Fsp3) is 0.0500. The molecule has 0 bridgehead atoms. The molecule has 27 heavy (non-hydrogen) atoms. The summed E-state index contributed by atoms with van der Waals surface area (Å²) in [6, 6.07) is 18.6. The summed E-state index contributed by atoms with van der Waals surface area (Å²) in [4.78, 5) is 14.4. The monoisotopic (exact) mass is 420 g/mol. The Balaban J connectivity index is 1.98. The second-order valence-electron chi connectivity index (χ2n) is 5.73. The van der Waals surface area contributed by atoms with Gasteiger partial charge >= 0.3 is 6.03 Å². The number of nitrogens with zero attached hydrogens (tertiary/aromatic N) is 1. The van der Waals surface area contributed by atoms with Gasteiger partial charge in [-0.3, -0.25) is 4.90 Å². The molecule has 2 N–H and O–H groups in total. The first-order valence-electron chi connectivity index (χ1n) is 8.00. The number of halogens is 3. The highest BCUT2D eigenvalue weighted by Gasteiger charge is 2.21. The van der Waals surface area contributed by atoms with E-state index in [1.54, 1.807) is 42.5 Å². The number of aromatic hydroxyl groups is 1.